The molecule has 2 aliphatic carbocycles. The van der Waals surface area contributed by atoms with Crippen LogP contribution in [0.2, 0.25) is 0 Å². The number of carboxylic acid groups (broad SMARTS) is 1. The van der Waals surface area contributed by atoms with Gasteiger partial charge in [0.1, 0.15) is 4.90 Å². The van der Waals surface area contributed by atoms with E-state index in [0.717, 1.165) is 19.4 Å². The molecule has 2 N–H and O–H groups in total. The number of fused-ring (bicyclic) bond motifs is 1. The molecule has 1 aromatic rings. The lowest BCUT2D eigenvalue weighted by Crippen LogP contribution is -2.55. The van der Waals surface area contributed by atoms with Gasteiger partial charge in [0.15, 0.2) is 11.5 Å². The second-order valence-corrected chi connectivity index (χ2v) is 8.88. The summed E-state index contributed by atoms with van der Waals surface area (Å²) in [7, 11) is -3.72. The zero-order valence-electron chi connectivity index (χ0n) is 14.3. The van der Waals surface area contributed by atoms with E-state index < -0.39 is 16.0 Å². The van der Waals surface area contributed by atoms with Gasteiger partial charge in [-0.1, -0.05) is 6.07 Å². The molecule has 1 aliphatic heterocycles. The topological polar surface area (TPSA) is 105 Å². The van der Waals surface area contributed by atoms with Gasteiger partial charge in [-0.25, -0.2) is 13.1 Å². The number of hydrogen-bond donors (Lipinski definition) is 2. The highest BCUT2D eigenvalue weighted by molar-refractivity contribution is 7.89. The number of nitrogens with one attached hydrogen (secondary N) is 1. The largest absolute Gasteiger partial charge is 0.480 e. The van der Waals surface area contributed by atoms with Crippen LogP contribution in [-0.4, -0.2) is 56.4 Å². The van der Waals surface area contributed by atoms with Crippen molar-refractivity contribution in [3.05, 3.63) is 18.2 Å². The van der Waals surface area contributed by atoms with Gasteiger partial charge in [-0.05, 0) is 43.7 Å². The molecule has 0 radical (unpaired) electrons. The minimum absolute atomic E-state index is 0.0119. The summed E-state index contributed by atoms with van der Waals surface area (Å²) in [6.45, 7) is 0.810. The van der Waals surface area contributed by atoms with E-state index in [1.165, 1.54) is 6.07 Å². The third-order valence-corrected chi connectivity index (χ3v) is 6.67. The first kappa shape index (κ1) is 17.6. The summed E-state index contributed by atoms with van der Waals surface area (Å²) in [5.41, 5.74) is 0. The molecule has 0 aromatic heterocycles. The number of nitrogens with zero attached hydrogens (tertiary/aromatic N) is 1. The van der Waals surface area contributed by atoms with Crippen LogP contribution in [-0.2, 0) is 14.8 Å². The first-order valence-electron chi connectivity index (χ1n) is 8.79. The van der Waals surface area contributed by atoms with Crippen LogP contribution >= 0.6 is 0 Å². The van der Waals surface area contributed by atoms with E-state index in [1.54, 1.807) is 12.1 Å². The first-order valence-corrected chi connectivity index (χ1v) is 10.3. The Balaban J connectivity index is 1.38. The number of benzene rings is 1. The average Bonchev–Trinajstić information content (AvgIpc) is 3.21. The van der Waals surface area contributed by atoms with Crippen molar-refractivity contribution in [2.75, 3.05) is 19.9 Å². The normalized spacial score (nSPS) is 24.5. The van der Waals surface area contributed by atoms with E-state index in [-0.39, 0.29) is 36.1 Å². The summed E-state index contributed by atoms with van der Waals surface area (Å²) >= 11 is 0. The van der Waals surface area contributed by atoms with Crippen molar-refractivity contribution in [1.82, 2.24) is 9.62 Å². The minimum atomic E-state index is -3.72. The van der Waals surface area contributed by atoms with Crippen LogP contribution in [0.5, 0.6) is 11.5 Å². The number of carboxylic acids is 1. The van der Waals surface area contributed by atoms with E-state index in [1.807, 2.05) is 4.90 Å². The Bertz CT molecular complexity index is 801. The molecule has 0 bridgehead atoms. The number of sulfonamides is 1. The monoisotopic (exact) mass is 382 g/mol. The number of rotatable bonds is 8. The molecule has 2 saturated carbocycles. The number of ether oxygens (including phenoxy) is 2. The summed E-state index contributed by atoms with van der Waals surface area (Å²) in [5.74, 6) is 0.425. The van der Waals surface area contributed by atoms with Crippen molar-refractivity contribution in [2.45, 2.75) is 42.7 Å². The Morgan fingerprint density at radius 2 is 2.04 bits per heavy atom. The molecular formula is C17H22N2O6S. The van der Waals surface area contributed by atoms with Crippen molar-refractivity contribution < 1.29 is 27.8 Å². The average molecular weight is 382 g/mol. The summed E-state index contributed by atoms with van der Waals surface area (Å²) in [4.78, 5) is 13.1. The Hall–Kier alpha value is -1.84. The van der Waals surface area contributed by atoms with Crippen LogP contribution in [0.4, 0.5) is 0 Å². The SMILES string of the molecule is O=C(O)CN(CC1CC1)C1CC(NS(=O)(=O)c2cccc3c2OCO3)C1. The van der Waals surface area contributed by atoms with E-state index in [9.17, 15) is 13.2 Å². The van der Waals surface area contributed by atoms with Gasteiger partial charge in [0, 0.05) is 18.6 Å². The van der Waals surface area contributed by atoms with Gasteiger partial charge < -0.3 is 14.6 Å². The van der Waals surface area contributed by atoms with Crippen LogP contribution < -0.4 is 14.2 Å². The van der Waals surface area contributed by atoms with Crippen molar-refractivity contribution in [2.24, 2.45) is 5.92 Å². The van der Waals surface area contributed by atoms with Crippen LogP contribution in [0, 0.1) is 5.92 Å². The van der Waals surface area contributed by atoms with E-state index in [0.29, 0.717) is 24.5 Å². The summed E-state index contributed by atoms with van der Waals surface area (Å²) < 4.78 is 38.6. The number of hydrogen-bond acceptors (Lipinski definition) is 6. The maximum atomic E-state index is 12.7. The zero-order valence-corrected chi connectivity index (χ0v) is 15.1. The molecule has 4 rings (SSSR count). The van der Waals surface area contributed by atoms with Crippen molar-refractivity contribution in [1.29, 1.82) is 0 Å². The van der Waals surface area contributed by atoms with Gasteiger partial charge in [-0.15, -0.1) is 0 Å². The number of carbonyl (C=O) groups is 1. The summed E-state index contributed by atoms with van der Waals surface area (Å²) in [5, 5.41) is 9.10. The van der Waals surface area contributed by atoms with Gasteiger partial charge in [0.05, 0.1) is 6.54 Å². The summed E-state index contributed by atoms with van der Waals surface area (Å²) in [6, 6.07) is 4.70. The Morgan fingerprint density at radius 1 is 1.27 bits per heavy atom. The third-order valence-electron chi connectivity index (χ3n) is 5.13. The second kappa shape index (κ2) is 6.71. The minimum Gasteiger partial charge on any atom is -0.480 e. The molecule has 0 unspecified atom stereocenters. The van der Waals surface area contributed by atoms with Crippen LogP contribution in [0.15, 0.2) is 23.1 Å². The molecule has 26 heavy (non-hydrogen) atoms. The van der Waals surface area contributed by atoms with E-state index >= 15 is 0 Å². The number of aliphatic carboxylic acids is 1. The molecular weight excluding hydrogens is 360 g/mol. The van der Waals surface area contributed by atoms with Crippen LogP contribution in [0.1, 0.15) is 25.7 Å². The highest BCUT2D eigenvalue weighted by atomic mass is 32.2. The summed E-state index contributed by atoms with van der Waals surface area (Å²) in [6.07, 6.45) is 3.54. The van der Waals surface area contributed by atoms with E-state index in [4.69, 9.17) is 14.6 Å². The number of para-hydroxylation sites is 1. The predicted octanol–water partition coefficient (Wildman–Crippen LogP) is 1.02. The molecule has 0 spiro atoms. The molecule has 8 nitrogen and oxygen atoms in total. The van der Waals surface area contributed by atoms with Gasteiger partial charge in [-0.2, -0.15) is 0 Å². The van der Waals surface area contributed by atoms with Crippen molar-refractivity contribution >= 4 is 16.0 Å². The van der Waals surface area contributed by atoms with Crippen molar-refractivity contribution in [3.8, 4) is 11.5 Å². The molecule has 3 aliphatic rings. The lowest BCUT2D eigenvalue weighted by Gasteiger charge is -2.42. The van der Waals surface area contributed by atoms with Crippen molar-refractivity contribution in [3.63, 3.8) is 0 Å². The highest BCUT2D eigenvalue weighted by Gasteiger charge is 2.39. The molecule has 142 valence electrons. The molecule has 0 amide bonds. The molecule has 2 fully saturated rings. The Kier molecular flexibility index (Phi) is 4.54. The molecule has 0 atom stereocenters. The van der Waals surface area contributed by atoms with Gasteiger partial charge in [-0.3, -0.25) is 9.69 Å². The fourth-order valence-electron chi connectivity index (χ4n) is 3.53. The molecule has 0 saturated heterocycles. The lowest BCUT2D eigenvalue weighted by atomic mass is 9.86. The van der Waals surface area contributed by atoms with Crippen LogP contribution in [0.25, 0.3) is 0 Å². The van der Waals surface area contributed by atoms with Gasteiger partial charge in [0.25, 0.3) is 0 Å². The van der Waals surface area contributed by atoms with Crippen LogP contribution in [0.3, 0.4) is 0 Å². The van der Waals surface area contributed by atoms with E-state index in [2.05, 4.69) is 4.72 Å². The Morgan fingerprint density at radius 3 is 2.73 bits per heavy atom. The fraction of sp³-hybridized carbons (Fsp3) is 0.588. The second-order valence-electron chi connectivity index (χ2n) is 7.20. The highest BCUT2D eigenvalue weighted by Crippen LogP contribution is 2.39. The first-order chi connectivity index (χ1) is 12.4. The predicted molar refractivity (Wildman–Crippen MR) is 91.6 cm³/mol. The van der Waals surface area contributed by atoms with Gasteiger partial charge >= 0.3 is 5.97 Å². The smallest absolute Gasteiger partial charge is 0.317 e. The third kappa shape index (κ3) is 3.65. The standard InChI is InChI=1S/C17H22N2O6S/c20-16(21)9-19(8-11-4-5-11)13-6-12(7-13)18-26(22,23)15-3-1-2-14-17(15)25-10-24-14/h1-3,11-13,18H,4-10H2,(H,20,21). The molecule has 1 heterocycles. The maximum absolute atomic E-state index is 12.7. The quantitative estimate of drug-likeness (QED) is 0.691. The fourth-order valence-corrected chi connectivity index (χ4v) is 4.95. The lowest BCUT2D eigenvalue weighted by molar-refractivity contribution is -0.139. The molecule has 9 heteroatoms. The van der Waals surface area contributed by atoms with Gasteiger partial charge in [0.2, 0.25) is 16.8 Å². The Labute approximate surface area is 152 Å². The maximum Gasteiger partial charge on any atom is 0.317 e. The zero-order chi connectivity index (χ0) is 18.3. The molecule has 1 aromatic carbocycles.